The summed E-state index contributed by atoms with van der Waals surface area (Å²) in [5, 5.41) is 5.06. The summed E-state index contributed by atoms with van der Waals surface area (Å²) in [6, 6.07) is 40.2. The molecule has 2 heteroatoms. The summed E-state index contributed by atoms with van der Waals surface area (Å²) >= 11 is 1.95. The molecule has 8 rings (SSSR count). The molecule has 0 bridgehead atoms. The molecule has 2 aliphatic carbocycles. The number of nitrogens with one attached hydrogen (secondary N) is 1. The lowest BCUT2D eigenvalue weighted by Gasteiger charge is -2.23. The van der Waals surface area contributed by atoms with Crippen molar-refractivity contribution in [1.82, 2.24) is 0 Å². The fourth-order valence-corrected chi connectivity index (χ4v) is 7.86. The normalized spacial score (nSPS) is 14.5. The third-order valence-electron chi connectivity index (χ3n) is 8.92. The molecule has 2 aliphatic rings. The Morgan fingerprint density at radius 3 is 2.12 bits per heavy atom. The van der Waals surface area contributed by atoms with Crippen molar-refractivity contribution >= 4 is 38.9 Å². The van der Waals surface area contributed by atoms with E-state index in [0.717, 1.165) is 17.8 Å². The first-order valence-corrected chi connectivity index (χ1v) is 15.3. The minimum Gasteiger partial charge on any atom is -0.356 e. The highest BCUT2D eigenvalue weighted by Gasteiger charge is 2.35. The molecule has 5 aromatic carbocycles. The Kier molecular flexibility index (Phi) is 5.55. The number of fused-ring (bicyclic) bond motifs is 6. The van der Waals surface area contributed by atoms with Gasteiger partial charge < -0.3 is 5.32 Å². The number of benzene rings is 5. The zero-order valence-corrected chi connectivity index (χ0v) is 24.2. The molecule has 198 valence electrons. The standard InChI is InChI=1S/C39H31NS/c1-39(2)35-23-28(25-8-4-3-5-9-25)14-19-31(35)32-20-18-30(24-36(32)39)40-29-16-12-26(13-17-29)27-15-21-38-34(22-27)33-10-6-7-11-37(33)41-38/h3-6,8-10,12-24,40H,7,11H2,1-2H3. The third-order valence-corrected chi connectivity index (χ3v) is 10.2. The van der Waals surface area contributed by atoms with Gasteiger partial charge >= 0.3 is 0 Å². The summed E-state index contributed by atoms with van der Waals surface area (Å²) in [6.45, 7) is 4.70. The van der Waals surface area contributed by atoms with E-state index in [1.165, 1.54) is 71.5 Å². The number of aryl methyl sites for hydroxylation is 1. The highest BCUT2D eigenvalue weighted by molar-refractivity contribution is 7.19. The molecular weight excluding hydrogens is 515 g/mol. The van der Waals surface area contributed by atoms with Crippen LogP contribution in [0.5, 0.6) is 0 Å². The fraction of sp³-hybridized carbons (Fsp3) is 0.128. The van der Waals surface area contributed by atoms with Crippen molar-refractivity contribution in [2.45, 2.75) is 32.1 Å². The molecule has 0 aliphatic heterocycles. The second-order valence-corrected chi connectivity index (χ2v) is 12.9. The van der Waals surface area contributed by atoms with Gasteiger partial charge in [-0.1, -0.05) is 92.7 Å². The largest absolute Gasteiger partial charge is 0.356 e. The van der Waals surface area contributed by atoms with Crippen LogP contribution in [0.15, 0.2) is 115 Å². The third kappa shape index (κ3) is 4.05. The lowest BCUT2D eigenvalue weighted by molar-refractivity contribution is 0.661. The van der Waals surface area contributed by atoms with Gasteiger partial charge in [-0.05, 0) is 105 Å². The average Bonchev–Trinajstić information content (AvgIpc) is 3.49. The molecule has 0 amide bonds. The van der Waals surface area contributed by atoms with Crippen LogP contribution in [0.25, 0.3) is 49.5 Å². The Bertz CT molecular complexity index is 1970. The van der Waals surface area contributed by atoms with Crippen LogP contribution in [0, 0.1) is 0 Å². The van der Waals surface area contributed by atoms with E-state index in [0.29, 0.717) is 0 Å². The quantitative estimate of drug-likeness (QED) is 0.232. The van der Waals surface area contributed by atoms with E-state index in [4.69, 9.17) is 0 Å². The van der Waals surface area contributed by atoms with E-state index in [-0.39, 0.29) is 5.41 Å². The van der Waals surface area contributed by atoms with Crippen molar-refractivity contribution in [2.75, 3.05) is 5.32 Å². The average molecular weight is 546 g/mol. The van der Waals surface area contributed by atoms with E-state index >= 15 is 0 Å². The molecule has 1 heterocycles. The number of anilines is 2. The second-order valence-electron chi connectivity index (χ2n) is 11.8. The number of rotatable bonds is 4. The topological polar surface area (TPSA) is 12.0 Å². The molecule has 0 radical (unpaired) electrons. The molecule has 1 N–H and O–H groups in total. The van der Waals surface area contributed by atoms with Crippen LogP contribution < -0.4 is 5.32 Å². The molecule has 6 aromatic rings. The van der Waals surface area contributed by atoms with Crippen molar-refractivity contribution in [3.8, 4) is 33.4 Å². The van der Waals surface area contributed by atoms with Gasteiger partial charge in [0, 0.05) is 31.8 Å². The first-order chi connectivity index (χ1) is 20.0. The van der Waals surface area contributed by atoms with Crippen molar-refractivity contribution in [1.29, 1.82) is 0 Å². The maximum Gasteiger partial charge on any atom is 0.0387 e. The van der Waals surface area contributed by atoms with E-state index in [9.17, 15) is 0 Å². The van der Waals surface area contributed by atoms with E-state index in [2.05, 4.69) is 141 Å². The smallest absolute Gasteiger partial charge is 0.0387 e. The van der Waals surface area contributed by atoms with Gasteiger partial charge in [0.2, 0.25) is 0 Å². The first-order valence-electron chi connectivity index (χ1n) is 14.5. The number of allylic oxidation sites excluding steroid dienone is 1. The van der Waals surface area contributed by atoms with E-state index in [1.54, 1.807) is 0 Å². The molecule has 0 saturated heterocycles. The Balaban J connectivity index is 1.06. The molecule has 0 fully saturated rings. The van der Waals surface area contributed by atoms with Crippen molar-refractivity contribution < 1.29 is 0 Å². The summed E-state index contributed by atoms with van der Waals surface area (Å²) < 4.78 is 1.39. The van der Waals surface area contributed by atoms with Crippen molar-refractivity contribution in [3.05, 3.63) is 137 Å². The van der Waals surface area contributed by atoms with Crippen LogP contribution in [0.2, 0.25) is 0 Å². The zero-order chi connectivity index (χ0) is 27.6. The van der Waals surface area contributed by atoms with Gasteiger partial charge in [-0.3, -0.25) is 0 Å². The van der Waals surface area contributed by atoms with Gasteiger partial charge in [0.15, 0.2) is 0 Å². The SMILES string of the molecule is CC1(C)c2cc(Nc3ccc(-c4ccc5sc6c(c5c4)C=CCC6)cc3)ccc2-c2ccc(-c3ccccc3)cc21. The van der Waals surface area contributed by atoms with Gasteiger partial charge in [0.05, 0.1) is 0 Å². The Hall–Kier alpha value is -4.40. The number of hydrogen-bond donors (Lipinski definition) is 1. The second kappa shape index (κ2) is 9.33. The number of thiophene rings is 1. The van der Waals surface area contributed by atoms with Gasteiger partial charge in [-0.25, -0.2) is 0 Å². The van der Waals surface area contributed by atoms with Crippen LogP contribution in [0.3, 0.4) is 0 Å². The first kappa shape index (κ1) is 24.4. The summed E-state index contributed by atoms with van der Waals surface area (Å²) in [4.78, 5) is 1.52. The lowest BCUT2D eigenvalue weighted by Crippen LogP contribution is -2.15. The zero-order valence-electron chi connectivity index (χ0n) is 23.4. The fourth-order valence-electron chi connectivity index (χ4n) is 6.67. The predicted molar refractivity (Wildman–Crippen MR) is 177 cm³/mol. The Morgan fingerprint density at radius 2 is 1.29 bits per heavy atom. The monoisotopic (exact) mass is 545 g/mol. The summed E-state index contributed by atoms with van der Waals surface area (Å²) in [6.07, 6.45) is 6.95. The van der Waals surface area contributed by atoms with Crippen LogP contribution in [-0.2, 0) is 11.8 Å². The highest BCUT2D eigenvalue weighted by Crippen LogP contribution is 2.50. The summed E-state index contributed by atoms with van der Waals surface area (Å²) in [5.74, 6) is 0. The molecule has 1 nitrogen and oxygen atoms in total. The molecule has 0 spiro atoms. The van der Waals surface area contributed by atoms with Crippen molar-refractivity contribution in [2.24, 2.45) is 0 Å². The van der Waals surface area contributed by atoms with E-state index in [1.807, 2.05) is 11.3 Å². The molecule has 0 saturated carbocycles. The summed E-state index contributed by atoms with van der Waals surface area (Å²) in [7, 11) is 0. The molecule has 1 aromatic heterocycles. The maximum atomic E-state index is 3.67. The molecule has 41 heavy (non-hydrogen) atoms. The Morgan fingerprint density at radius 1 is 0.634 bits per heavy atom. The van der Waals surface area contributed by atoms with Gasteiger partial charge in [-0.2, -0.15) is 0 Å². The van der Waals surface area contributed by atoms with Crippen LogP contribution in [0.1, 0.15) is 41.8 Å². The highest BCUT2D eigenvalue weighted by atomic mass is 32.1. The van der Waals surface area contributed by atoms with Crippen LogP contribution in [0.4, 0.5) is 11.4 Å². The maximum absolute atomic E-state index is 3.67. The number of hydrogen-bond acceptors (Lipinski definition) is 2. The van der Waals surface area contributed by atoms with Gasteiger partial charge in [-0.15, -0.1) is 11.3 Å². The molecular formula is C39H31NS. The predicted octanol–water partition coefficient (Wildman–Crippen LogP) is 11.2. The molecule has 0 unspecified atom stereocenters. The van der Waals surface area contributed by atoms with Gasteiger partial charge in [0.25, 0.3) is 0 Å². The summed E-state index contributed by atoms with van der Waals surface area (Å²) in [5.41, 5.74) is 14.1. The van der Waals surface area contributed by atoms with E-state index < -0.39 is 0 Å². The van der Waals surface area contributed by atoms with Gasteiger partial charge in [0.1, 0.15) is 0 Å². The molecule has 0 atom stereocenters. The minimum absolute atomic E-state index is 0.0638. The Labute approximate surface area is 245 Å². The van der Waals surface area contributed by atoms with Crippen LogP contribution in [-0.4, -0.2) is 0 Å². The van der Waals surface area contributed by atoms with Crippen molar-refractivity contribution in [3.63, 3.8) is 0 Å². The minimum atomic E-state index is -0.0638. The lowest BCUT2D eigenvalue weighted by atomic mass is 9.81. The van der Waals surface area contributed by atoms with Crippen LogP contribution >= 0.6 is 11.3 Å².